The molecular formula is C18H10Cl4. The maximum atomic E-state index is 6.47. The van der Waals surface area contributed by atoms with Gasteiger partial charge in [0.15, 0.2) is 0 Å². The molecule has 3 rings (SSSR count). The van der Waals surface area contributed by atoms with Crippen LogP contribution >= 0.6 is 46.4 Å². The molecule has 0 aromatic heterocycles. The molecule has 0 aliphatic carbocycles. The van der Waals surface area contributed by atoms with Crippen molar-refractivity contribution in [1.29, 1.82) is 0 Å². The molecule has 0 fully saturated rings. The van der Waals surface area contributed by atoms with Crippen LogP contribution in [0, 0.1) is 0 Å². The first-order valence-electron chi connectivity index (χ1n) is 6.57. The number of benzene rings is 3. The summed E-state index contributed by atoms with van der Waals surface area (Å²) in [6.45, 7) is 0. The van der Waals surface area contributed by atoms with Gasteiger partial charge in [0.2, 0.25) is 0 Å². The van der Waals surface area contributed by atoms with Gasteiger partial charge in [0.05, 0.1) is 10.0 Å². The van der Waals surface area contributed by atoms with Crippen molar-refractivity contribution in [3.05, 3.63) is 80.8 Å². The molecule has 0 saturated carbocycles. The summed E-state index contributed by atoms with van der Waals surface area (Å²) >= 11 is 25.0. The Hall–Kier alpha value is -1.18. The van der Waals surface area contributed by atoms with E-state index in [0.29, 0.717) is 20.1 Å². The Kier molecular flexibility index (Phi) is 4.65. The summed E-state index contributed by atoms with van der Waals surface area (Å²) in [6, 6.07) is 19.0. The van der Waals surface area contributed by atoms with Crippen LogP contribution in [0.3, 0.4) is 0 Å². The van der Waals surface area contributed by atoms with E-state index in [9.17, 15) is 0 Å². The van der Waals surface area contributed by atoms with Crippen molar-refractivity contribution in [1.82, 2.24) is 0 Å². The molecule has 0 amide bonds. The second-order valence-corrected chi connectivity index (χ2v) is 6.40. The first-order chi connectivity index (χ1) is 10.6. The Labute approximate surface area is 149 Å². The molecule has 110 valence electrons. The molecule has 0 aliphatic heterocycles. The molecule has 0 radical (unpaired) electrons. The first-order valence-corrected chi connectivity index (χ1v) is 8.08. The van der Waals surface area contributed by atoms with Gasteiger partial charge in [0, 0.05) is 21.2 Å². The lowest BCUT2D eigenvalue weighted by Gasteiger charge is -2.14. The normalized spacial score (nSPS) is 10.7. The minimum atomic E-state index is 0.509. The Morgan fingerprint density at radius 2 is 1.27 bits per heavy atom. The fourth-order valence-electron chi connectivity index (χ4n) is 2.37. The molecule has 0 nitrogen and oxygen atoms in total. The van der Waals surface area contributed by atoms with Crippen LogP contribution in [-0.4, -0.2) is 0 Å². The van der Waals surface area contributed by atoms with Crippen molar-refractivity contribution in [2.45, 2.75) is 0 Å². The highest BCUT2D eigenvalue weighted by Gasteiger charge is 2.16. The van der Waals surface area contributed by atoms with Crippen LogP contribution < -0.4 is 0 Å². The summed E-state index contributed by atoms with van der Waals surface area (Å²) in [6.07, 6.45) is 0. The second-order valence-electron chi connectivity index (χ2n) is 4.77. The fraction of sp³-hybridized carbons (Fsp3) is 0. The van der Waals surface area contributed by atoms with Gasteiger partial charge in [-0.3, -0.25) is 0 Å². The highest BCUT2D eigenvalue weighted by atomic mass is 35.5. The van der Waals surface area contributed by atoms with Crippen LogP contribution in [0.15, 0.2) is 60.7 Å². The van der Waals surface area contributed by atoms with Crippen molar-refractivity contribution in [2.24, 2.45) is 0 Å². The van der Waals surface area contributed by atoms with E-state index >= 15 is 0 Å². The Balaban J connectivity index is 2.31. The number of hydrogen-bond donors (Lipinski definition) is 0. The van der Waals surface area contributed by atoms with Crippen LogP contribution in [0.5, 0.6) is 0 Å². The molecule has 0 bridgehead atoms. The van der Waals surface area contributed by atoms with Crippen molar-refractivity contribution in [3.63, 3.8) is 0 Å². The van der Waals surface area contributed by atoms with Gasteiger partial charge >= 0.3 is 0 Å². The molecule has 0 N–H and O–H groups in total. The fourth-order valence-corrected chi connectivity index (χ4v) is 3.31. The Bertz CT molecular complexity index is 826. The van der Waals surface area contributed by atoms with Gasteiger partial charge in [0.1, 0.15) is 0 Å². The van der Waals surface area contributed by atoms with Crippen molar-refractivity contribution in [2.75, 3.05) is 0 Å². The number of halogens is 4. The molecule has 0 unspecified atom stereocenters. The van der Waals surface area contributed by atoms with Crippen LogP contribution in [0.4, 0.5) is 0 Å². The average molecular weight is 368 g/mol. The van der Waals surface area contributed by atoms with Crippen molar-refractivity contribution in [3.8, 4) is 22.3 Å². The maximum absolute atomic E-state index is 6.47. The zero-order valence-electron chi connectivity index (χ0n) is 11.3. The van der Waals surface area contributed by atoms with E-state index in [1.165, 1.54) is 0 Å². The lowest BCUT2D eigenvalue weighted by molar-refractivity contribution is 1.58. The zero-order chi connectivity index (χ0) is 15.7. The topological polar surface area (TPSA) is 0 Å². The summed E-state index contributed by atoms with van der Waals surface area (Å²) < 4.78 is 0. The van der Waals surface area contributed by atoms with Crippen LogP contribution in [-0.2, 0) is 0 Å². The summed E-state index contributed by atoms with van der Waals surface area (Å²) in [4.78, 5) is 0. The molecule has 3 aromatic carbocycles. The summed E-state index contributed by atoms with van der Waals surface area (Å²) in [5.74, 6) is 0. The predicted octanol–water partition coefficient (Wildman–Crippen LogP) is 7.63. The number of rotatable bonds is 2. The third-order valence-electron chi connectivity index (χ3n) is 3.38. The van der Waals surface area contributed by atoms with Gasteiger partial charge in [-0.15, -0.1) is 0 Å². The first kappa shape index (κ1) is 15.7. The summed E-state index contributed by atoms with van der Waals surface area (Å²) in [5.41, 5.74) is 3.63. The molecular weight excluding hydrogens is 358 g/mol. The summed E-state index contributed by atoms with van der Waals surface area (Å²) in [7, 11) is 0. The standard InChI is InChI=1S/C18H10Cl4/c19-12-6-7-13(16(21)10-12)14-8-9-15(20)18(22)17(14)11-4-2-1-3-5-11/h1-10H. The molecule has 4 heteroatoms. The SMILES string of the molecule is Clc1ccc(-c2ccc(Cl)c(Cl)c2-c2ccccc2)c(Cl)c1. The van der Waals surface area contributed by atoms with Gasteiger partial charge in [0.25, 0.3) is 0 Å². The average Bonchev–Trinajstić information content (AvgIpc) is 2.51. The van der Waals surface area contributed by atoms with Gasteiger partial charge in [-0.25, -0.2) is 0 Å². The largest absolute Gasteiger partial charge is 0.0843 e. The zero-order valence-corrected chi connectivity index (χ0v) is 14.3. The van der Waals surface area contributed by atoms with E-state index < -0.39 is 0 Å². The lowest BCUT2D eigenvalue weighted by atomic mass is 9.94. The quantitative estimate of drug-likeness (QED) is 0.436. The molecule has 0 aliphatic rings. The summed E-state index contributed by atoms with van der Waals surface area (Å²) in [5, 5.41) is 2.18. The predicted molar refractivity (Wildman–Crippen MR) is 97.4 cm³/mol. The minimum Gasteiger partial charge on any atom is -0.0843 e. The third kappa shape index (κ3) is 2.98. The van der Waals surface area contributed by atoms with Gasteiger partial charge in [-0.05, 0) is 29.3 Å². The van der Waals surface area contributed by atoms with E-state index in [4.69, 9.17) is 46.4 Å². The van der Waals surface area contributed by atoms with E-state index in [1.54, 1.807) is 18.2 Å². The van der Waals surface area contributed by atoms with E-state index in [-0.39, 0.29) is 0 Å². The molecule has 0 spiro atoms. The van der Waals surface area contributed by atoms with Crippen LogP contribution in [0.25, 0.3) is 22.3 Å². The maximum Gasteiger partial charge on any atom is 0.0676 e. The Morgan fingerprint density at radius 3 is 1.95 bits per heavy atom. The van der Waals surface area contributed by atoms with E-state index in [1.807, 2.05) is 42.5 Å². The van der Waals surface area contributed by atoms with Gasteiger partial charge in [-0.1, -0.05) is 88.9 Å². The molecule has 3 aromatic rings. The number of hydrogen-bond acceptors (Lipinski definition) is 0. The minimum absolute atomic E-state index is 0.509. The second kappa shape index (κ2) is 6.52. The van der Waals surface area contributed by atoms with Gasteiger partial charge < -0.3 is 0 Å². The van der Waals surface area contributed by atoms with Crippen LogP contribution in [0.2, 0.25) is 20.1 Å². The molecule has 0 saturated heterocycles. The van der Waals surface area contributed by atoms with E-state index in [2.05, 4.69) is 0 Å². The lowest BCUT2D eigenvalue weighted by Crippen LogP contribution is -1.89. The van der Waals surface area contributed by atoms with Crippen molar-refractivity contribution < 1.29 is 0 Å². The molecule has 0 atom stereocenters. The van der Waals surface area contributed by atoms with Crippen LogP contribution in [0.1, 0.15) is 0 Å². The van der Waals surface area contributed by atoms with Crippen molar-refractivity contribution >= 4 is 46.4 Å². The Morgan fingerprint density at radius 1 is 0.591 bits per heavy atom. The monoisotopic (exact) mass is 366 g/mol. The van der Waals surface area contributed by atoms with Gasteiger partial charge in [-0.2, -0.15) is 0 Å². The smallest absolute Gasteiger partial charge is 0.0676 e. The highest BCUT2D eigenvalue weighted by Crippen LogP contribution is 2.43. The van der Waals surface area contributed by atoms with E-state index in [0.717, 1.165) is 22.3 Å². The highest BCUT2D eigenvalue weighted by molar-refractivity contribution is 6.44. The molecule has 22 heavy (non-hydrogen) atoms. The third-order valence-corrected chi connectivity index (χ3v) is 4.73. The molecule has 0 heterocycles.